The van der Waals surface area contributed by atoms with Crippen molar-refractivity contribution in [3.05, 3.63) is 12.2 Å². The molecule has 272 valence electrons. The first-order valence-electron chi connectivity index (χ1n) is 19.0. The summed E-state index contributed by atoms with van der Waals surface area (Å²) in [6, 6.07) is 0. The van der Waals surface area contributed by atoms with Gasteiger partial charge < -0.3 is 19.3 Å². The van der Waals surface area contributed by atoms with Crippen LogP contribution in [0.2, 0.25) is 0 Å². The average molecular weight is 675 g/mol. The lowest BCUT2D eigenvalue weighted by molar-refractivity contribution is -0.152. The molecule has 0 aliphatic carbocycles. The Hall–Kier alpha value is -1.21. The Kier molecular flexibility index (Phi) is 32.8. The lowest BCUT2D eigenvalue weighted by atomic mass is 10.0. The van der Waals surface area contributed by atoms with E-state index in [9.17, 15) is 23.9 Å². The second-order valence-electron chi connectivity index (χ2n) is 12.9. The summed E-state index contributed by atoms with van der Waals surface area (Å²) in [5, 5.41) is 0. The van der Waals surface area contributed by atoms with Crippen molar-refractivity contribution in [3.8, 4) is 0 Å². The Balaban J connectivity index is 3.86. The maximum Gasteiger partial charge on any atom is 0.470 e. The minimum atomic E-state index is -4.83. The maximum atomic E-state index is 12.1. The molecule has 0 aromatic rings. The third-order valence-electron chi connectivity index (χ3n) is 8.27. The highest BCUT2D eigenvalue weighted by Gasteiger charge is 2.25. The van der Waals surface area contributed by atoms with Crippen LogP contribution in [0, 0.1) is 0 Å². The Morgan fingerprint density at radius 1 is 0.522 bits per heavy atom. The molecule has 0 heterocycles. The van der Waals surface area contributed by atoms with Gasteiger partial charge in [-0.3, -0.25) is 14.1 Å². The van der Waals surface area contributed by atoms with Gasteiger partial charge in [-0.05, 0) is 38.5 Å². The zero-order valence-corrected chi connectivity index (χ0v) is 30.6. The molecule has 0 aromatic carbocycles. The fourth-order valence-corrected chi connectivity index (χ4v) is 5.96. The molecule has 2 N–H and O–H groups in total. The number of unbranched alkanes of at least 4 members (excludes halogenated alkanes) is 23. The Bertz CT molecular complexity index is 766. The number of hydrogen-bond donors (Lipinski definition) is 2. The van der Waals surface area contributed by atoms with Gasteiger partial charge in [0, 0.05) is 12.8 Å². The number of esters is 2. The van der Waals surface area contributed by atoms with E-state index in [1.165, 1.54) is 109 Å². The van der Waals surface area contributed by atoms with Gasteiger partial charge in [0.15, 0.2) is 0 Å². The average Bonchev–Trinajstić information content (AvgIpc) is 3.02. The number of hydrogen-bond acceptors (Lipinski definition) is 6. The molecule has 0 amide bonds. The second-order valence-corrected chi connectivity index (χ2v) is 14.1. The molecule has 0 spiro atoms. The molecule has 0 bridgehead atoms. The molecule has 0 fully saturated rings. The molecule has 0 aliphatic rings. The van der Waals surface area contributed by atoms with Crippen LogP contribution in [-0.2, 0) is 28.2 Å². The van der Waals surface area contributed by atoms with Crippen molar-refractivity contribution in [2.75, 3.05) is 13.2 Å². The van der Waals surface area contributed by atoms with Gasteiger partial charge in [0.2, 0.25) is 0 Å². The number of phosphoric ester groups is 1. The van der Waals surface area contributed by atoms with Gasteiger partial charge in [0.25, 0.3) is 0 Å². The molecule has 46 heavy (non-hydrogen) atoms. The van der Waals surface area contributed by atoms with Crippen LogP contribution < -0.4 is 0 Å². The minimum absolute atomic E-state index is 0.236. The highest BCUT2D eigenvalue weighted by Crippen LogP contribution is 2.37. The summed E-state index contributed by atoms with van der Waals surface area (Å²) in [7, 11) is -4.83. The first kappa shape index (κ1) is 44.8. The highest BCUT2D eigenvalue weighted by atomic mass is 31.2. The number of allylic oxidation sites excluding steroid dienone is 2. The second kappa shape index (κ2) is 33.7. The van der Waals surface area contributed by atoms with Crippen molar-refractivity contribution >= 4 is 19.8 Å². The van der Waals surface area contributed by atoms with Gasteiger partial charge in [0.1, 0.15) is 19.3 Å². The summed E-state index contributed by atoms with van der Waals surface area (Å²) >= 11 is 0. The fraction of sp³-hybridized carbons (Fsp3) is 0.892. The monoisotopic (exact) mass is 674 g/mol. The number of carbonyl (C=O) groups is 2. The standard InChI is InChI=1S/C37H71O8P/c1-3-5-7-9-11-13-15-17-18-20-22-24-26-28-30-32-37(39)44-34-35(45-46(40,41)42)33-43-36(38)31-29-27-25-23-21-19-16-14-12-10-8-6-4-2/h17-18,35H,3-16,19-34H2,1-2H3,(H2,40,41,42)/b18-17-/t35-/m1/s1. The van der Waals surface area contributed by atoms with Crippen LogP contribution in [0.4, 0.5) is 0 Å². The van der Waals surface area contributed by atoms with Crippen LogP contribution in [0.5, 0.6) is 0 Å². The summed E-state index contributed by atoms with van der Waals surface area (Å²) in [5.41, 5.74) is 0. The van der Waals surface area contributed by atoms with Crippen molar-refractivity contribution in [1.29, 1.82) is 0 Å². The zero-order chi connectivity index (χ0) is 34.0. The normalized spacial score (nSPS) is 12.5. The topological polar surface area (TPSA) is 119 Å². The number of ether oxygens (including phenoxy) is 2. The fourth-order valence-electron chi connectivity index (χ4n) is 5.45. The molecule has 0 saturated heterocycles. The highest BCUT2D eigenvalue weighted by molar-refractivity contribution is 7.46. The Labute approximate surface area is 282 Å². The van der Waals surface area contributed by atoms with Crippen LogP contribution >= 0.6 is 7.82 Å². The van der Waals surface area contributed by atoms with Gasteiger partial charge in [-0.2, -0.15) is 0 Å². The van der Waals surface area contributed by atoms with Crippen LogP contribution in [0.1, 0.15) is 194 Å². The molecule has 0 aromatic heterocycles. The van der Waals surface area contributed by atoms with Gasteiger partial charge in [-0.1, -0.05) is 154 Å². The van der Waals surface area contributed by atoms with Gasteiger partial charge in [0.05, 0.1) is 0 Å². The van der Waals surface area contributed by atoms with E-state index in [2.05, 4.69) is 26.0 Å². The lowest BCUT2D eigenvalue weighted by Crippen LogP contribution is -2.27. The Morgan fingerprint density at radius 3 is 1.15 bits per heavy atom. The van der Waals surface area contributed by atoms with E-state index >= 15 is 0 Å². The predicted octanol–water partition coefficient (Wildman–Crippen LogP) is 11.1. The van der Waals surface area contributed by atoms with Crippen LogP contribution in [-0.4, -0.2) is 41.0 Å². The first-order chi connectivity index (χ1) is 22.3. The SMILES string of the molecule is CCCCCCCC/C=C\CCCCCCCC(=O)OC[C@@H](COC(=O)CCCCCCCCCCCCCCC)OP(=O)(O)O. The number of phosphoric acid groups is 1. The molecule has 0 rings (SSSR count). The predicted molar refractivity (Wildman–Crippen MR) is 189 cm³/mol. The van der Waals surface area contributed by atoms with E-state index < -0.39 is 25.9 Å². The summed E-state index contributed by atoms with van der Waals surface area (Å²) in [4.78, 5) is 42.7. The molecule has 0 saturated carbocycles. The molecule has 8 nitrogen and oxygen atoms in total. The molecule has 9 heteroatoms. The molecule has 1 atom stereocenters. The van der Waals surface area contributed by atoms with E-state index in [1.54, 1.807) is 0 Å². The maximum absolute atomic E-state index is 12.1. The van der Waals surface area contributed by atoms with Gasteiger partial charge in [-0.15, -0.1) is 0 Å². The summed E-state index contributed by atoms with van der Waals surface area (Å²) in [6.45, 7) is 3.74. The van der Waals surface area contributed by atoms with Gasteiger partial charge >= 0.3 is 19.8 Å². The van der Waals surface area contributed by atoms with E-state index in [-0.39, 0.29) is 26.1 Å². The Morgan fingerprint density at radius 2 is 0.826 bits per heavy atom. The molecule has 0 radical (unpaired) electrons. The van der Waals surface area contributed by atoms with Crippen molar-refractivity contribution < 1.29 is 37.9 Å². The van der Waals surface area contributed by atoms with Crippen LogP contribution in [0.25, 0.3) is 0 Å². The van der Waals surface area contributed by atoms with Crippen molar-refractivity contribution in [2.24, 2.45) is 0 Å². The number of rotatable bonds is 35. The minimum Gasteiger partial charge on any atom is -0.463 e. The van der Waals surface area contributed by atoms with Crippen molar-refractivity contribution in [3.63, 3.8) is 0 Å². The van der Waals surface area contributed by atoms with Crippen LogP contribution in [0.3, 0.4) is 0 Å². The van der Waals surface area contributed by atoms with E-state index in [0.29, 0.717) is 12.8 Å². The molecule has 0 unspecified atom stereocenters. The molecular formula is C37H71O8P. The third kappa shape index (κ3) is 35.6. The smallest absolute Gasteiger partial charge is 0.463 e. The summed E-state index contributed by atoms with van der Waals surface area (Å²) in [6.07, 6.45) is 34.8. The molecular weight excluding hydrogens is 603 g/mol. The quantitative estimate of drug-likeness (QED) is 0.0295. The molecule has 0 aliphatic heterocycles. The largest absolute Gasteiger partial charge is 0.470 e. The zero-order valence-electron chi connectivity index (χ0n) is 29.7. The summed E-state index contributed by atoms with van der Waals surface area (Å²) < 4.78 is 26.4. The van der Waals surface area contributed by atoms with Crippen LogP contribution in [0.15, 0.2) is 12.2 Å². The van der Waals surface area contributed by atoms with E-state index in [0.717, 1.165) is 44.9 Å². The third-order valence-corrected chi connectivity index (χ3v) is 8.85. The first-order valence-corrected chi connectivity index (χ1v) is 20.5. The summed E-state index contributed by atoms with van der Waals surface area (Å²) in [5.74, 6) is -0.891. The van der Waals surface area contributed by atoms with Crippen molar-refractivity contribution in [1.82, 2.24) is 0 Å². The van der Waals surface area contributed by atoms with Crippen molar-refractivity contribution in [2.45, 2.75) is 200 Å². The van der Waals surface area contributed by atoms with E-state index in [1.807, 2.05) is 0 Å². The number of carbonyl (C=O) groups excluding carboxylic acids is 2. The van der Waals surface area contributed by atoms with Gasteiger partial charge in [-0.25, -0.2) is 4.57 Å². The lowest BCUT2D eigenvalue weighted by Gasteiger charge is -2.18. The van der Waals surface area contributed by atoms with E-state index in [4.69, 9.17) is 14.0 Å².